The summed E-state index contributed by atoms with van der Waals surface area (Å²) in [7, 11) is 0. The lowest BCUT2D eigenvalue weighted by Crippen LogP contribution is -2.49. The summed E-state index contributed by atoms with van der Waals surface area (Å²) in [4.78, 5) is 48.4. The molecule has 232 valence electrons. The Labute approximate surface area is 238 Å². The molecule has 0 bridgehead atoms. The highest BCUT2D eigenvalue weighted by molar-refractivity contribution is 5.82. The predicted octanol–water partition coefficient (Wildman–Crippen LogP) is 0.177. The number of hydrogen-bond acceptors (Lipinski definition) is 12. The molecule has 1 aromatic rings. The van der Waals surface area contributed by atoms with Gasteiger partial charge in [0.25, 0.3) is 0 Å². The Morgan fingerprint density at radius 1 is 0.756 bits per heavy atom. The number of aliphatic hydroxyl groups is 4. The molecule has 0 aliphatic rings. The summed E-state index contributed by atoms with van der Waals surface area (Å²) in [5, 5.41) is 45.2. The van der Waals surface area contributed by atoms with Gasteiger partial charge in [-0.25, -0.2) is 14.4 Å². The van der Waals surface area contributed by atoms with Crippen LogP contribution in [0.5, 0.6) is 0 Å². The third-order valence-corrected chi connectivity index (χ3v) is 4.98. The maximum Gasteiger partial charge on any atom is 0.408 e. The molecule has 14 nitrogen and oxygen atoms in total. The summed E-state index contributed by atoms with van der Waals surface area (Å²) in [5.41, 5.74) is -0.914. The Balaban J connectivity index is 2.62. The van der Waals surface area contributed by atoms with Crippen molar-refractivity contribution < 1.29 is 58.6 Å². The van der Waals surface area contributed by atoms with Crippen LogP contribution < -0.4 is 10.6 Å². The summed E-state index contributed by atoms with van der Waals surface area (Å²) in [6, 6.07) is 7.51. The smallest absolute Gasteiger partial charge is 0.408 e. The summed E-state index contributed by atoms with van der Waals surface area (Å²) in [5.74, 6) is -1.92. The molecule has 0 heterocycles. The van der Waals surface area contributed by atoms with E-state index in [0.29, 0.717) is 5.56 Å². The van der Waals surface area contributed by atoms with Gasteiger partial charge in [-0.15, -0.1) is 0 Å². The molecular weight excluding hydrogens is 544 g/mol. The van der Waals surface area contributed by atoms with Crippen LogP contribution in [0.15, 0.2) is 30.3 Å². The summed E-state index contributed by atoms with van der Waals surface area (Å²) >= 11 is 0. The maximum atomic E-state index is 12.7. The van der Waals surface area contributed by atoms with Crippen molar-refractivity contribution >= 4 is 24.1 Å². The van der Waals surface area contributed by atoms with Crippen molar-refractivity contribution in [1.82, 2.24) is 10.6 Å². The highest BCUT2D eigenvalue weighted by Gasteiger charge is 2.33. The van der Waals surface area contributed by atoms with E-state index in [1.54, 1.807) is 71.9 Å². The van der Waals surface area contributed by atoms with E-state index in [2.05, 4.69) is 10.6 Å². The minimum Gasteiger partial charge on any atom is -0.462 e. The van der Waals surface area contributed by atoms with Crippen LogP contribution in [-0.2, 0) is 35.0 Å². The second-order valence-electron chi connectivity index (χ2n) is 11.2. The number of esters is 2. The molecule has 0 fully saturated rings. The molecule has 0 saturated heterocycles. The predicted molar refractivity (Wildman–Crippen MR) is 143 cm³/mol. The van der Waals surface area contributed by atoms with Gasteiger partial charge in [0.05, 0.1) is 0 Å². The van der Waals surface area contributed by atoms with Crippen LogP contribution >= 0.6 is 0 Å². The second-order valence-corrected chi connectivity index (χ2v) is 11.2. The average molecular weight is 587 g/mol. The highest BCUT2D eigenvalue weighted by atomic mass is 16.6. The Bertz CT molecular complexity index is 990. The number of nitrogens with one attached hydrogen (secondary N) is 2. The number of hydrogen-bond donors (Lipinski definition) is 6. The van der Waals surface area contributed by atoms with E-state index in [-0.39, 0.29) is 6.42 Å². The minimum atomic E-state index is -2.01. The van der Waals surface area contributed by atoms with E-state index in [1.165, 1.54) is 0 Å². The molecule has 14 heteroatoms. The average Bonchev–Trinajstić information content (AvgIpc) is 2.86. The topological polar surface area (TPSA) is 210 Å². The molecule has 5 atom stereocenters. The molecule has 0 aliphatic carbocycles. The molecule has 0 unspecified atom stereocenters. The molecule has 2 amide bonds. The normalized spacial score (nSPS) is 15.4. The van der Waals surface area contributed by atoms with E-state index in [1.807, 2.05) is 0 Å². The fourth-order valence-corrected chi connectivity index (χ4v) is 3.10. The molecule has 1 aromatic carbocycles. The van der Waals surface area contributed by atoms with Gasteiger partial charge >= 0.3 is 24.1 Å². The molecular formula is C27H42N2O12. The zero-order valence-electron chi connectivity index (χ0n) is 24.2. The van der Waals surface area contributed by atoms with E-state index in [9.17, 15) is 39.6 Å². The van der Waals surface area contributed by atoms with Crippen molar-refractivity contribution in [3.05, 3.63) is 35.9 Å². The maximum absolute atomic E-state index is 12.7. The fraction of sp³-hybridized carbons (Fsp3) is 0.630. The lowest BCUT2D eigenvalue weighted by atomic mass is 10.0. The summed E-state index contributed by atoms with van der Waals surface area (Å²) in [6.45, 7) is 7.68. The van der Waals surface area contributed by atoms with Crippen molar-refractivity contribution in [1.29, 1.82) is 0 Å². The number of alkyl carbamates (subject to hydrolysis) is 2. The zero-order chi connectivity index (χ0) is 31.4. The highest BCUT2D eigenvalue weighted by Crippen LogP contribution is 2.11. The number of carbonyl (C=O) groups is 4. The van der Waals surface area contributed by atoms with Gasteiger partial charge in [-0.05, 0) is 47.1 Å². The van der Waals surface area contributed by atoms with Crippen molar-refractivity contribution in [2.24, 2.45) is 0 Å². The van der Waals surface area contributed by atoms with Gasteiger partial charge in [-0.1, -0.05) is 30.3 Å². The van der Waals surface area contributed by atoms with Crippen LogP contribution in [0.1, 0.15) is 47.1 Å². The lowest BCUT2D eigenvalue weighted by Gasteiger charge is -2.27. The molecule has 0 spiro atoms. The van der Waals surface area contributed by atoms with Crippen molar-refractivity contribution in [2.45, 2.75) is 89.6 Å². The molecule has 0 radical (unpaired) electrons. The number of carbonyl (C=O) groups excluding carboxylic acids is 4. The molecule has 0 aromatic heterocycles. The standard InChI is InChI=1S/C27H42N2O12/c1-26(2,3)40-24(36)28-13-20(32)38-14-18(30)21(33)22(34)19(31)15-39-23(35)17(12-16-10-8-7-9-11-16)29-25(37)41-27(4,5)6/h7-11,17-19,21-22,30-31,33-34H,12-15H2,1-6H3,(H,28,36)(H,29,37)/t17-,18+,19+,21+,22+/m0/s1. The Hall–Kier alpha value is -3.46. The Kier molecular flexibility index (Phi) is 14.0. The van der Waals surface area contributed by atoms with Crippen LogP contribution in [0.25, 0.3) is 0 Å². The number of ether oxygens (including phenoxy) is 4. The molecule has 41 heavy (non-hydrogen) atoms. The first-order valence-electron chi connectivity index (χ1n) is 12.9. The first-order valence-corrected chi connectivity index (χ1v) is 12.9. The molecule has 0 saturated carbocycles. The number of amides is 2. The first kappa shape index (κ1) is 35.6. The van der Waals surface area contributed by atoms with Crippen LogP contribution in [0, 0.1) is 0 Å². The third kappa shape index (κ3) is 15.2. The van der Waals surface area contributed by atoms with Gasteiger partial charge in [0.2, 0.25) is 0 Å². The quantitative estimate of drug-likeness (QED) is 0.135. The van der Waals surface area contributed by atoms with Gasteiger partial charge in [0, 0.05) is 6.42 Å². The largest absolute Gasteiger partial charge is 0.462 e. The summed E-state index contributed by atoms with van der Waals surface area (Å²) in [6.07, 6.45) is -9.40. The van der Waals surface area contributed by atoms with Gasteiger partial charge < -0.3 is 50.0 Å². The van der Waals surface area contributed by atoms with Crippen molar-refractivity contribution in [2.75, 3.05) is 19.8 Å². The van der Waals surface area contributed by atoms with E-state index in [4.69, 9.17) is 18.9 Å². The molecule has 0 aliphatic heterocycles. The molecule has 6 N–H and O–H groups in total. The SMILES string of the molecule is CC(C)(C)OC(=O)NCC(=O)OC[C@@H](O)[C@@H](O)[C@H](O)[C@H](O)COC(=O)[C@H](Cc1ccccc1)NC(=O)OC(C)(C)C. The first-order chi connectivity index (χ1) is 18.9. The van der Waals surface area contributed by atoms with E-state index in [0.717, 1.165) is 0 Å². The number of aliphatic hydroxyl groups excluding tert-OH is 4. The van der Waals surface area contributed by atoms with Crippen molar-refractivity contribution in [3.63, 3.8) is 0 Å². The van der Waals surface area contributed by atoms with Gasteiger partial charge in [0.15, 0.2) is 0 Å². The van der Waals surface area contributed by atoms with Gasteiger partial charge in [-0.3, -0.25) is 4.79 Å². The Morgan fingerprint density at radius 3 is 1.76 bits per heavy atom. The second kappa shape index (κ2) is 16.1. The van der Waals surface area contributed by atoms with Gasteiger partial charge in [-0.2, -0.15) is 0 Å². The zero-order valence-corrected chi connectivity index (χ0v) is 24.2. The molecule has 1 rings (SSSR count). The summed E-state index contributed by atoms with van der Waals surface area (Å²) < 4.78 is 20.0. The Morgan fingerprint density at radius 2 is 1.24 bits per heavy atom. The van der Waals surface area contributed by atoms with Crippen LogP contribution in [0.3, 0.4) is 0 Å². The minimum absolute atomic E-state index is 0.0348. The van der Waals surface area contributed by atoms with Crippen LogP contribution in [0.2, 0.25) is 0 Å². The van der Waals surface area contributed by atoms with Crippen LogP contribution in [0.4, 0.5) is 9.59 Å². The number of benzene rings is 1. The monoisotopic (exact) mass is 586 g/mol. The number of rotatable bonds is 13. The van der Waals surface area contributed by atoms with Crippen LogP contribution in [-0.4, -0.2) is 106 Å². The fourth-order valence-electron chi connectivity index (χ4n) is 3.10. The lowest BCUT2D eigenvalue weighted by molar-refractivity contribution is -0.163. The van der Waals surface area contributed by atoms with Crippen molar-refractivity contribution in [3.8, 4) is 0 Å². The van der Waals surface area contributed by atoms with Gasteiger partial charge in [0.1, 0.15) is 61.4 Å². The van der Waals surface area contributed by atoms with E-state index < -0.39 is 85.5 Å². The van der Waals surface area contributed by atoms with E-state index >= 15 is 0 Å². The third-order valence-electron chi connectivity index (χ3n) is 4.98.